The van der Waals surface area contributed by atoms with Crippen LogP contribution in [0.3, 0.4) is 0 Å². The number of nitrogens with zero attached hydrogens (tertiary/aromatic N) is 1. The number of rotatable bonds is 2. The number of aromatic nitrogens is 2. The minimum Gasteiger partial charge on any atom is -0.365 e. The summed E-state index contributed by atoms with van der Waals surface area (Å²) in [6, 6.07) is 0.451. The SMILES string of the molecule is O=c1[nH]cnc(NC2CCCSC2)c1I. The van der Waals surface area contributed by atoms with E-state index in [2.05, 4.69) is 15.3 Å². The van der Waals surface area contributed by atoms with Crippen LogP contribution < -0.4 is 10.9 Å². The summed E-state index contributed by atoms with van der Waals surface area (Å²) >= 11 is 3.98. The van der Waals surface area contributed by atoms with Crippen LogP contribution in [-0.4, -0.2) is 27.5 Å². The number of hydrogen-bond acceptors (Lipinski definition) is 4. The van der Waals surface area contributed by atoms with Crippen molar-refractivity contribution in [2.75, 3.05) is 16.8 Å². The second kappa shape index (κ2) is 5.20. The molecule has 6 heteroatoms. The summed E-state index contributed by atoms with van der Waals surface area (Å²) in [4.78, 5) is 18.0. The minimum atomic E-state index is -0.0726. The first kappa shape index (κ1) is 11.3. The number of halogens is 1. The molecule has 1 fully saturated rings. The molecule has 0 aliphatic carbocycles. The second-order valence-electron chi connectivity index (χ2n) is 3.45. The monoisotopic (exact) mass is 337 g/mol. The van der Waals surface area contributed by atoms with Crippen LogP contribution >= 0.6 is 34.4 Å². The third-order valence-corrected chi connectivity index (χ3v) is 4.51. The summed E-state index contributed by atoms with van der Waals surface area (Å²) in [6.07, 6.45) is 3.85. The molecule has 1 saturated heterocycles. The normalized spacial score (nSPS) is 21.3. The molecule has 1 aliphatic heterocycles. The first-order valence-electron chi connectivity index (χ1n) is 4.85. The van der Waals surface area contributed by atoms with E-state index in [1.807, 2.05) is 34.4 Å². The first-order valence-corrected chi connectivity index (χ1v) is 7.08. The number of hydrogen-bond donors (Lipinski definition) is 2. The summed E-state index contributed by atoms with van der Waals surface area (Å²) in [6.45, 7) is 0. The highest BCUT2D eigenvalue weighted by molar-refractivity contribution is 14.1. The average Bonchev–Trinajstić information content (AvgIpc) is 2.26. The van der Waals surface area contributed by atoms with E-state index in [1.165, 1.54) is 18.5 Å². The highest BCUT2D eigenvalue weighted by Gasteiger charge is 2.15. The molecule has 15 heavy (non-hydrogen) atoms. The Bertz CT molecular complexity index is 389. The highest BCUT2D eigenvalue weighted by atomic mass is 127. The van der Waals surface area contributed by atoms with Gasteiger partial charge in [0.2, 0.25) is 0 Å². The number of nitrogens with one attached hydrogen (secondary N) is 2. The molecule has 1 unspecified atom stereocenters. The molecule has 1 aromatic rings. The zero-order valence-electron chi connectivity index (χ0n) is 8.12. The Morgan fingerprint density at radius 1 is 1.67 bits per heavy atom. The summed E-state index contributed by atoms with van der Waals surface area (Å²) < 4.78 is 0.644. The quantitative estimate of drug-likeness (QED) is 0.807. The molecule has 82 valence electrons. The third-order valence-electron chi connectivity index (χ3n) is 2.30. The van der Waals surface area contributed by atoms with Crippen molar-refractivity contribution in [1.82, 2.24) is 9.97 Å². The van der Waals surface area contributed by atoms with E-state index >= 15 is 0 Å². The fourth-order valence-corrected chi connectivity index (χ4v) is 3.05. The van der Waals surface area contributed by atoms with E-state index in [-0.39, 0.29) is 5.56 Å². The van der Waals surface area contributed by atoms with Gasteiger partial charge in [0.25, 0.3) is 5.56 Å². The average molecular weight is 337 g/mol. The molecule has 0 spiro atoms. The van der Waals surface area contributed by atoms with Gasteiger partial charge in [-0.15, -0.1) is 0 Å². The van der Waals surface area contributed by atoms with Crippen molar-refractivity contribution in [3.8, 4) is 0 Å². The fraction of sp³-hybridized carbons (Fsp3) is 0.556. The van der Waals surface area contributed by atoms with Crippen molar-refractivity contribution in [2.45, 2.75) is 18.9 Å². The van der Waals surface area contributed by atoms with Gasteiger partial charge in [-0.1, -0.05) is 0 Å². The molecule has 1 aliphatic rings. The predicted molar refractivity (Wildman–Crippen MR) is 71.5 cm³/mol. The van der Waals surface area contributed by atoms with E-state index in [0.717, 1.165) is 12.2 Å². The molecule has 0 aromatic carbocycles. The largest absolute Gasteiger partial charge is 0.365 e. The predicted octanol–water partition coefficient (Wildman–Crippen LogP) is 1.68. The Morgan fingerprint density at radius 3 is 3.27 bits per heavy atom. The Labute approximate surface area is 106 Å². The summed E-state index contributed by atoms with van der Waals surface area (Å²) in [5.74, 6) is 3.06. The van der Waals surface area contributed by atoms with Crippen LogP contribution in [0.5, 0.6) is 0 Å². The van der Waals surface area contributed by atoms with Crippen molar-refractivity contribution < 1.29 is 0 Å². The van der Waals surface area contributed by atoms with Gasteiger partial charge in [0, 0.05) is 11.8 Å². The van der Waals surface area contributed by atoms with Gasteiger partial charge in [-0.3, -0.25) is 4.79 Å². The van der Waals surface area contributed by atoms with E-state index in [1.54, 1.807) is 0 Å². The maximum Gasteiger partial charge on any atom is 0.266 e. The lowest BCUT2D eigenvalue weighted by molar-refractivity contribution is 0.681. The maximum atomic E-state index is 11.3. The highest BCUT2D eigenvalue weighted by Crippen LogP contribution is 2.20. The summed E-state index contributed by atoms with van der Waals surface area (Å²) in [7, 11) is 0. The standard InChI is InChI=1S/C9H12IN3OS/c10-7-8(11-5-12-9(7)14)13-6-2-1-3-15-4-6/h5-6H,1-4H2,(H2,11,12,13,14). The summed E-state index contributed by atoms with van der Waals surface area (Å²) in [5, 5.41) is 3.33. The molecule has 2 heterocycles. The van der Waals surface area contributed by atoms with Gasteiger partial charge in [-0.25, -0.2) is 4.98 Å². The van der Waals surface area contributed by atoms with Crippen LogP contribution in [0.1, 0.15) is 12.8 Å². The van der Waals surface area contributed by atoms with Crippen LogP contribution in [0.4, 0.5) is 5.82 Å². The van der Waals surface area contributed by atoms with Crippen molar-refractivity contribution in [1.29, 1.82) is 0 Å². The zero-order valence-corrected chi connectivity index (χ0v) is 11.1. The van der Waals surface area contributed by atoms with Gasteiger partial charge < -0.3 is 10.3 Å². The molecule has 1 aromatic heterocycles. The van der Waals surface area contributed by atoms with Crippen molar-refractivity contribution in [3.63, 3.8) is 0 Å². The van der Waals surface area contributed by atoms with Gasteiger partial charge in [0.15, 0.2) is 0 Å². The molecule has 0 radical (unpaired) electrons. The topological polar surface area (TPSA) is 57.8 Å². The number of H-pyrrole nitrogens is 1. The van der Waals surface area contributed by atoms with E-state index in [4.69, 9.17) is 0 Å². The van der Waals surface area contributed by atoms with Crippen LogP contribution in [0.15, 0.2) is 11.1 Å². The first-order chi connectivity index (χ1) is 7.27. The van der Waals surface area contributed by atoms with Crippen molar-refractivity contribution in [2.24, 2.45) is 0 Å². The molecule has 0 amide bonds. The van der Waals surface area contributed by atoms with Crippen LogP contribution in [0.2, 0.25) is 0 Å². The molecule has 4 nitrogen and oxygen atoms in total. The molecule has 0 saturated carbocycles. The third kappa shape index (κ3) is 2.87. The maximum absolute atomic E-state index is 11.3. The number of anilines is 1. The van der Waals surface area contributed by atoms with E-state index in [0.29, 0.717) is 15.4 Å². The zero-order chi connectivity index (χ0) is 10.7. The number of thioether (sulfide) groups is 1. The minimum absolute atomic E-state index is 0.0726. The van der Waals surface area contributed by atoms with E-state index < -0.39 is 0 Å². The van der Waals surface area contributed by atoms with Gasteiger partial charge in [-0.05, 0) is 41.2 Å². The Hall–Kier alpha value is -0.240. The lowest BCUT2D eigenvalue weighted by Gasteiger charge is -2.23. The molecular formula is C9H12IN3OS. The fourth-order valence-electron chi connectivity index (χ4n) is 1.53. The molecule has 0 bridgehead atoms. The van der Waals surface area contributed by atoms with Crippen LogP contribution in [-0.2, 0) is 0 Å². The van der Waals surface area contributed by atoms with E-state index in [9.17, 15) is 4.79 Å². The van der Waals surface area contributed by atoms with Gasteiger partial charge >= 0.3 is 0 Å². The second-order valence-corrected chi connectivity index (χ2v) is 5.68. The van der Waals surface area contributed by atoms with Crippen molar-refractivity contribution >= 4 is 40.2 Å². The summed E-state index contributed by atoms with van der Waals surface area (Å²) in [5.41, 5.74) is -0.0726. The Morgan fingerprint density at radius 2 is 2.53 bits per heavy atom. The molecular weight excluding hydrogens is 325 g/mol. The number of aromatic amines is 1. The Kier molecular flexibility index (Phi) is 3.90. The molecule has 2 rings (SSSR count). The molecule has 2 N–H and O–H groups in total. The van der Waals surface area contributed by atoms with Gasteiger partial charge in [0.1, 0.15) is 9.39 Å². The lowest BCUT2D eigenvalue weighted by atomic mass is 10.2. The Balaban J connectivity index is 2.09. The van der Waals surface area contributed by atoms with Crippen LogP contribution in [0, 0.1) is 3.57 Å². The smallest absolute Gasteiger partial charge is 0.266 e. The van der Waals surface area contributed by atoms with Gasteiger partial charge in [0.05, 0.1) is 6.33 Å². The molecule has 1 atom stereocenters. The van der Waals surface area contributed by atoms with Gasteiger partial charge in [-0.2, -0.15) is 11.8 Å². The van der Waals surface area contributed by atoms with Crippen molar-refractivity contribution in [3.05, 3.63) is 20.3 Å². The van der Waals surface area contributed by atoms with Crippen LogP contribution in [0.25, 0.3) is 0 Å². The lowest BCUT2D eigenvalue weighted by Crippen LogP contribution is -2.28.